The highest BCUT2D eigenvalue weighted by Crippen LogP contribution is 1.94. The largest absolute Gasteiger partial charge is 0.370 e. The molecule has 2 N–H and O–H groups in total. The zero-order valence-corrected chi connectivity index (χ0v) is 7.29. The number of rotatable bonds is 3. The molecular formula is C7H15N3O. The summed E-state index contributed by atoms with van der Waals surface area (Å²) < 4.78 is 0. The second-order valence-corrected chi connectivity index (χ2v) is 2.50. The minimum absolute atomic E-state index is 0.284. The Balaban J connectivity index is 3.81. The summed E-state index contributed by atoms with van der Waals surface area (Å²) in [6, 6.07) is 0. The Morgan fingerprint density at radius 2 is 2.00 bits per heavy atom. The first-order valence-corrected chi connectivity index (χ1v) is 3.49. The monoisotopic (exact) mass is 157 g/mol. The van der Waals surface area contributed by atoms with Gasteiger partial charge >= 0.3 is 0 Å². The van der Waals surface area contributed by atoms with Crippen LogP contribution >= 0.6 is 0 Å². The molecule has 4 heteroatoms. The van der Waals surface area contributed by atoms with Crippen molar-refractivity contribution < 1.29 is 4.79 Å². The Hall–Kier alpha value is -1.06. The van der Waals surface area contributed by atoms with Gasteiger partial charge in [0.15, 0.2) is 0 Å². The first-order chi connectivity index (χ1) is 5.07. The van der Waals surface area contributed by atoms with E-state index in [9.17, 15) is 4.79 Å². The van der Waals surface area contributed by atoms with E-state index in [4.69, 9.17) is 5.73 Å². The van der Waals surface area contributed by atoms with Gasteiger partial charge in [-0.3, -0.25) is 9.79 Å². The van der Waals surface area contributed by atoms with Gasteiger partial charge in [-0.2, -0.15) is 0 Å². The number of aliphatic imine (C=N–C) groups is 1. The second kappa shape index (κ2) is 4.71. The fourth-order valence-electron chi connectivity index (χ4n) is 0.770. The van der Waals surface area contributed by atoms with Crippen LogP contribution in [0.1, 0.15) is 12.8 Å². The highest BCUT2D eigenvalue weighted by Gasteiger charge is 2.02. The van der Waals surface area contributed by atoms with Gasteiger partial charge in [0.05, 0.1) is 5.84 Å². The molecule has 0 saturated carbocycles. The molecule has 0 spiro atoms. The quantitative estimate of drug-likeness (QED) is 0.457. The molecule has 0 radical (unpaired) electrons. The fourth-order valence-corrected chi connectivity index (χ4v) is 0.770. The number of primary amides is 1. The van der Waals surface area contributed by atoms with Crippen LogP contribution in [0.3, 0.4) is 0 Å². The van der Waals surface area contributed by atoms with E-state index in [1.807, 2.05) is 19.0 Å². The van der Waals surface area contributed by atoms with E-state index in [0.29, 0.717) is 12.8 Å². The lowest BCUT2D eigenvalue weighted by atomic mass is 10.2. The van der Waals surface area contributed by atoms with E-state index < -0.39 is 0 Å². The predicted molar refractivity (Wildman–Crippen MR) is 45.5 cm³/mol. The molecule has 0 bridgehead atoms. The van der Waals surface area contributed by atoms with Crippen molar-refractivity contribution in [2.45, 2.75) is 12.8 Å². The van der Waals surface area contributed by atoms with Gasteiger partial charge in [-0.15, -0.1) is 0 Å². The third-order valence-electron chi connectivity index (χ3n) is 1.37. The fraction of sp³-hybridized carbons (Fsp3) is 0.714. The normalized spacial score (nSPS) is 11.4. The van der Waals surface area contributed by atoms with Crippen LogP contribution in [-0.4, -0.2) is 37.8 Å². The van der Waals surface area contributed by atoms with E-state index in [-0.39, 0.29) is 5.91 Å². The average Bonchev–Trinajstić information content (AvgIpc) is 1.87. The van der Waals surface area contributed by atoms with Crippen LogP contribution in [0.2, 0.25) is 0 Å². The van der Waals surface area contributed by atoms with Crippen molar-refractivity contribution in [2.24, 2.45) is 10.7 Å². The van der Waals surface area contributed by atoms with Crippen molar-refractivity contribution in [2.75, 3.05) is 21.1 Å². The lowest BCUT2D eigenvalue weighted by molar-refractivity contribution is -0.117. The molecule has 1 amide bonds. The van der Waals surface area contributed by atoms with Gasteiger partial charge in [-0.1, -0.05) is 0 Å². The van der Waals surface area contributed by atoms with Gasteiger partial charge < -0.3 is 10.6 Å². The van der Waals surface area contributed by atoms with Gasteiger partial charge in [0, 0.05) is 34.0 Å². The molecule has 0 heterocycles. The molecule has 11 heavy (non-hydrogen) atoms. The highest BCUT2D eigenvalue weighted by atomic mass is 16.1. The molecule has 64 valence electrons. The molecule has 0 rings (SSSR count). The summed E-state index contributed by atoms with van der Waals surface area (Å²) in [5.74, 6) is 0.608. The third-order valence-corrected chi connectivity index (χ3v) is 1.37. The summed E-state index contributed by atoms with van der Waals surface area (Å²) >= 11 is 0. The minimum Gasteiger partial charge on any atom is -0.370 e. The van der Waals surface area contributed by atoms with Gasteiger partial charge in [0.1, 0.15) is 0 Å². The van der Waals surface area contributed by atoms with Crippen molar-refractivity contribution in [1.82, 2.24) is 4.90 Å². The SMILES string of the molecule is CN=C(CCC(N)=O)N(C)C. The van der Waals surface area contributed by atoms with Crippen molar-refractivity contribution in [3.8, 4) is 0 Å². The average molecular weight is 157 g/mol. The molecule has 0 aromatic heterocycles. The van der Waals surface area contributed by atoms with Crippen molar-refractivity contribution in [1.29, 1.82) is 0 Å². The number of carbonyl (C=O) groups excluding carboxylic acids is 1. The van der Waals surface area contributed by atoms with E-state index >= 15 is 0 Å². The Morgan fingerprint density at radius 3 is 2.27 bits per heavy atom. The number of hydrogen-bond donors (Lipinski definition) is 1. The molecule has 0 fully saturated rings. The van der Waals surface area contributed by atoms with Crippen molar-refractivity contribution in [3.63, 3.8) is 0 Å². The van der Waals surface area contributed by atoms with Crippen LogP contribution in [-0.2, 0) is 4.79 Å². The molecule has 0 aromatic rings. The van der Waals surface area contributed by atoms with Crippen LogP contribution in [0.5, 0.6) is 0 Å². The lowest BCUT2D eigenvalue weighted by Crippen LogP contribution is -2.24. The number of nitrogens with two attached hydrogens (primary N) is 1. The molecular weight excluding hydrogens is 142 g/mol. The van der Waals surface area contributed by atoms with E-state index in [1.165, 1.54) is 0 Å². The lowest BCUT2D eigenvalue weighted by Gasteiger charge is -2.13. The summed E-state index contributed by atoms with van der Waals surface area (Å²) in [5, 5.41) is 0. The number of amidine groups is 1. The highest BCUT2D eigenvalue weighted by molar-refractivity contribution is 5.86. The maximum absolute atomic E-state index is 10.4. The maximum Gasteiger partial charge on any atom is 0.217 e. The zero-order valence-electron chi connectivity index (χ0n) is 7.29. The van der Waals surface area contributed by atoms with E-state index in [2.05, 4.69) is 4.99 Å². The first-order valence-electron chi connectivity index (χ1n) is 3.49. The van der Waals surface area contributed by atoms with Gasteiger partial charge in [-0.05, 0) is 0 Å². The Kier molecular flexibility index (Phi) is 4.26. The Morgan fingerprint density at radius 1 is 1.45 bits per heavy atom. The van der Waals surface area contributed by atoms with Gasteiger partial charge in [-0.25, -0.2) is 0 Å². The molecule has 0 aliphatic heterocycles. The summed E-state index contributed by atoms with van der Waals surface area (Å²) in [7, 11) is 5.49. The Labute approximate surface area is 67.1 Å². The summed E-state index contributed by atoms with van der Waals surface area (Å²) in [6.45, 7) is 0. The predicted octanol–water partition coefficient (Wildman–Crippen LogP) is -0.158. The van der Waals surface area contributed by atoms with E-state index in [0.717, 1.165) is 5.84 Å². The van der Waals surface area contributed by atoms with Crippen molar-refractivity contribution in [3.05, 3.63) is 0 Å². The number of nitrogens with zero attached hydrogens (tertiary/aromatic N) is 2. The van der Waals surface area contributed by atoms with Crippen LogP contribution in [0.4, 0.5) is 0 Å². The van der Waals surface area contributed by atoms with Crippen LogP contribution in [0, 0.1) is 0 Å². The maximum atomic E-state index is 10.4. The molecule has 0 saturated heterocycles. The van der Waals surface area contributed by atoms with Crippen molar-refractivity contribution >= 4 is 11.7 Å². The number of carbonyl (C=O) groups is 1. The topological polar surface area (TPSA) is 58.7 Å². The molecule has 0 aromatic carbocycles. The Bertz CT molecular complexity index is 163. The van der Waals surface area contributed by atoms with Crippen LogP contribution in [0.25, 0.3) is 0 Å². The number of hydrogen-bond acceptors (Lipinski definition) is 2. The smallest absolute Gasteiger partial charge is 0.217 e. The molecule has 0 unspecified atom stereocenters. The third kappa shape index (κ3) is 4.36. The summed E-state index contributed by atoms with van der Waals surface area (Å²) in [4.78, 5) is 16.3. The summed E-state index contributed by atoms with van der Waals surface area (Å²) in [6.07, 6.45) is 0.990. The molecule has 0 aliphatic rings. The standard InChI is InChI=1S/C7H15N3O/c1-9-7(10(2)3)5-4-6(8)11/h4-5H2,1-3H3,(H2,8,11). The number of amides is 1. The van der Waals surface area contributed by atoms with E-state index in [1.54, 1.807) is 7.05 Å². The summed E-state index contributed by atoms with van der Waals surface area (Å²) in [5.41, 5.74) is 4.98. The zero-order chi connectivity index (χ0) is 8.85. The van der Waals surface area contributed by atoms with Gasteiger partial charge in [0.2, 0.25) is 5.91 Å². The van der Waals surface area contributed by atoms with Gasteiger partial charge in [0.25, 0.3) is 0 Å². The molecule has 0 aliphatic carbocycles. The van der Waals surface area contributed by atoms with Crippen LogP contribution < -0.4 is 5.73 Å². The minimum atomic E-state index is -0.284. The first kappa shape index (κ1) is 9.94. The molecule has 0 atom stereocenters. The molecule has 4 nitrogen and oxygen atoms in total. The van der Waals surface area contributed by atoms with Crippen LogP contribution in [0.15, 0.2) is 4.99 Å². The second-order valence-electron chi connectivity index (χ2n) is 2.50.